The molecule has 4 nitrogen and oxygen atoms in total. The summed E-state index contributed by atoms with van der Waals surface area (Å²) in [6, 6.07) is 0.447. The molecule has 0 radical (unpaired) electrons. The summed E-state index contributed by atoms with van der Waals surface area (Å²) in [5, 5.41) is 7.83. The van der Waals surface area contributed by atoms with Gasteiger partial charge in [0.05, 0.1) is 11.4 Å². The third kappa shape index (κ3) is 2.90. The van der Waals surface area contributed by atoms with Crippen LogP contribution in [0.3, 0.4) is 0 Å². The third-order valence-electron chi connectivity index (χ3n) is 2.87. The van der Waals surface area contributed by atoms with Gasteiger partial charge in [-0.3, -0.25) is 4.68 Å². The Kier molecular flexibility index (Phi) is 4.65. The van der Waals surface area contributed by atoms with E-state index in [4.69, 9.17) is 5.73 Å². The van der Waals surface area contributed by atoms with Crippen LogP contribution in [0.5, 0.6) is 0 Å². The highest BCUT2D eigenvalue weighted by Crippen LogP contribution is 2.23. The molecule has 0 fully saturated rings. The average molecular weight is 224 g/mol. The molecule has 1 aromatic heterocycles. The van der Waals surface area contributed by atoms with E-state index in [1.807, 2.05) is 11.7 Å². The van der Waals surface area contributed by atoms with E-state index in [2.05, 4.69) is 31.2 Å². The summed E-state index contributed by atoms with van der Waals surface area (Å²) < 4.78 is 1.84. The highest BCUT2D eigenvalue weighted by Gasteiger charge is 2.13. The Morgan fingerprint density at radius 1 is 1.44 bits per heavy atom. The maximum absolute atomic E-state index is 6.05. The van der Waals surface area contributed by atoms with Crippen molar-refractivity contribution >= 4 is 11.5 Å². The predicted molar refractivity (Wildman–Crippen MR) is 69.6 cm³/mol. The van der Waals surface area contributed by atoms with E-state index in [9.17, 15) is 0 Å². The second kappa shape index (κ2) is 5.77. The molecule has 0 saturated carbocycles. The Morgan fingerprint density at radius 2 is 2.12 bits per heavy atom. The number of hydrogen-bond acceptors (Lipinski definition) is 3. The van der Waals surface area contributed by atoms with Crippen LogP contribution in [-0.4, -0.2) is 15.8 Å². The van der Waals surface area contributed by atoms with Gasteiger partial charge in [0.25, 0.3) is 0 Å². The first-order chi connectivity index (χ1) is 7.60. The Morgan fingerprint density at radius 3 is 2.62 bits per heavy atom. The maximum Gasteiger partial charge on any atom is 0.147 e. The fourth-order valence-corrected chi connectivity index (χ4v) is 1.84. The summed E-state index contributed by atoms with van der Waals surface area (Å²) in [7, 11) is 1.93. The number of nitrogens with zero attached hydrogens (tertiary/aromatic N) is 2. The quantitative estimate of drug-likeness (QED) is 0.780. The van der Waals surface area contributed by atoms with Crippen molar-refractivity contribution in [1.29, 1.82) is 0 Å². The van der Waals surface area contributed by atoms with Crippen LogP contribution < -0.4 is 11.1 Å². The fraction of sp³-hybridized carbons (Fsp3) is 0.750. The first-order valence-electron chi connectivity index (χ1n) is 6.18. The molecule has 92 valence electrons. The molecule has 0 spiro atoms. The van der Waals surface area contributed by atoms with Crippen LogP contribution >= 0.6 is 0 Å². The largest absolute Gasteiger partial charge is 0.394 e. The van der Waals surface area contributed by atoms with Gasteiger partial charge in [-0.15, -0.1) is 0 Å². The molecule has 1 heterocycles. The molecule has 16 heavy (non-hydrogen) atoms. The Hall–Kier alpha value is -1.19. The number of unbranched alkanes of at least 4 members (excludes halogenated alkanes) is 1. The van der Waals surface area contributed by atoms with Crippen molar-refractivity contribution in [1.82, 2.24) is 9.78 Å². The van der Waals surface area contributed by atoms with Crippen molar-refractivity contribution < 1.29 is 0 Å². The van der Waals surface area contributed by atoms with Gasteiger partial charge in [-0.2, -0.15) is 5.10 Å². The van der Waals surface area contributed by atoms with Crippen LogP contribution in [0.2, 0.25) is 0 Å². The average Bonchev–Trinajstić information content (AvgIpc) is 2.53. The third-order valence-corrected chi connectivity index (χ3v) is 2.87. The van der Waals surface area contributed by atoms with Crippen LogP contribution in [0.25, 0.3) is 0 Å². The summed E-state index contributed by atoms with van der Waals surface area (Å²) in [5.74, 6) is 0.959. The lowest BCUT2D eigenvalue weighted by molar-refractivity contribution is 0.634. The van der Waals surface area contributed by atoms with Gasteiger partial charge in [0.1, 0.15) is 5.82 Å². The molecular weight excluding hydrogens is 200 g/mol. The number of nitrogen functional groups attached to an aromatic ring is 1. The van der Waals surface area contributed by atoms with Gasteiger partial charge in [0.15, 0.2) is 0 Å². The highest BCUT2D eigenvalue weighted by atomic mass is 15.3. The molecule has 4 heteroatoms. The number of nitrogens with one attached hydrogen (secondary N) is 1. The van der Waals surface area contributed by atoms with Crippen LogP contribution in [-0.2, 0) is 13.5 Å². The van der Waals surface area contributed by atoms with E-state index >= 15 is 0 Å². The standard InChI is InChI=1S/C12H24N4/c1-5-7-8-9(3)14-12-11(13)10(6-2)15-16(12)4/h9,14H,5-8,13H2,1-4H3. The van der Waals surface area contributed by atoms with E-state index in [0.717, 1.165) is 23.6 Å². The maximum atomic E-state index is 6.05. The van der Waals surface area contributed by atoms with Crippen molar-refractivity contribution in [3.63, 3.8) is 0 Å². The van der Waals surface area contributed by atoms with Crippen molar-refractivity contribution in [2.24, 2.45) is 7.05 Å². The van der Waals surface area contributed by atoms with Crippen LogP contribution in [0.4, 0.5) is 11.5 Å². The lowest BCUT2D eigenvalue weighted by atomic mass is 10.1. The van der Waals surface area contributed by atoms with Gasteiger partial charge < -0.3 is 11.1 Å². The highest BCUT2D eigenvalue weighted by molar-refractivity contribution is 5.65. The molecule has 0 amide bonds. The van der Waals surface area contributed by atoms with E-state index < -0.39 is 0 Å². The second-order valence-corrected chi connectivity index (χ2v) is 4.37. The van der Waals surface area contributed by atoms with E-state index in [1.165, 1.54) is 19.3 Å². The zero-order chi connectivity index (χ0) is 12.1. The zero-order valence-corrected chi connectivity index (χ0v) is 10.9. The van der Waals surface area contributed by atoms with Crippen LogP contribution in [0.1, 0.15) is 45.7 Å². The smallest absolute Gasteiger partial charge is 0.147 e. The van der Waals surface area contributed by atoms with E-state index in [1.54, 1.807) is 0 Å². The lowest BCUT2D eigenvalue weighted by Crippen LogP contribution is -2.18. The van der Waals surface area contributed by atoms with Gasteiger partial charge in [0, 0.05) is 13.1 Å². The number of aryl methyl sites for hydroxylation is 2. The number of anilines is 2. The molecule has 1 unspecified atom stereocenters. The topological polar surface area (TPSA) is 55.9 Å². The molecular formula is C12H24N4. The van der Waals surface area contributed by atoms with Crippen molar-refractivity contribution in [2.45, 2.75) is 52.5 Å². The van der Waals surface area contributed by atoms with E-state index in [-0.39, 0.29) is 0 Å². The molecule has 1 rings (SSSR count). The number of rotatable bonds is 6. The minimum Gasteiger partial charge on any atom is -0.394 e. The normalized spacial score (nSPS) is 12.8. The summed E-state index contributed by atoms with van der Waals surface area (Å²) in [5.41, 5.74) is 7.82. The molecule has 3 N–H and O–H groups in total. The van der Waals surface area contributed by atoms with Gasteiger partial charge in [-0.25, -0.2) is 0 Å². The molecule has 0 saturated heterocycles. The van der Waals surface area contributed by atoms with Crippen LogP contribution in [0.15, 0.2) is 0 Å². The van der Waals surface area contributed by atoms with Gasteiger partial charge in [0.2, 0.25) is 0 Å². The van der Waals surface area contributed by atoms with Gasteiger partial charge in [-0.1, -0.05) is 26.7 Å². The zero-order valence-electron chi connectivity index (χ0n) is 10.9. The Balaban J connectivity index is 2.69. The van der Waals surface area contributed by atoms with Gasteiger partial charge >= 0.3 is 0 Å². The van der Waals surface area contributed by atoms with Crippen molar-refractivity contribution in [3.8, 4) is 0 Å². The predicted octanol–water partition coefficient (Wildman–Crippen LogP) is 2.56. The Bertz CT molecular complexity index is 330. The Labute approximate surface area is 98.2 Å². The monoisotopic (exact) mass is 224 g/mol. The lowest BCUT2D eigenvalue weighted by Gasteiger charge is -2.15. The van der Waals surface area contributed by atoms with Crippen molar-refractivity contribution in [2.75, 3.05) is 11.1 Å². The second-order valence-electron chi connectivity index (χ2n) is 4.37. The molecule has 0 bridgehead atoms. The van der Waals surface area contributed by atoms with Crippen molar-refractivity contribution in [3.05, 3.63) is 5.69 Å². The van der Waals surface area contributed by atoms with Gasteiger partial charge in [-0.05, 0) is 19.8 Å². The van der Waals surface area contributed by atoms with Crippen LogP contribution in [0, 0.1) is 0 Å². The first-order valence-corrected chi connectivity index (χ1v) is 6.18. The SMILES string of the molecule is CCCCC(C)Nc1c(N)c(CC)nn1C. The summed E-state index contributed by atoms with van der Waals surface area (Å²) in [4.78, 5) is 0. The van der Waals surface area contributed by atoms with E-state index in [0.29, 0.717) is 6.04 Å². The number of nitrogens with two attached hydrogens (primary N) is 1. The first kappa shape index (κ1) is 12.9. The minimum atomic E-state index is 0.447. The summed E-state index contributed by atoms with van der Waals surface area (Å²) >= 11 is 0. The minimum absolute atomic E-state index is 0.447. The number of aromatic nitrogens is 2. The summed E-state index contributed by atoms with van der Waals surface area (Å²) in [6.07, 6.45) is 4.52. The fourth-order valence-electron chi connectivity index (χ4n) is 1.84. The molecule has 0 aliphatic rings. The molecule has 0 aromatic carbocycles. The number of hydrogen-bond donors (Lipinski definition) is 2. The molecule has 0 aliphatic heterocycles. The summed E-state index contributed by atoms with van der Waals surface area (Å²) in [6.45, 7) is 6.47. The molecule has 1 atom stereocenters. The molecule has 0 aliphatic carbocycles. The molecule has 1 aromatic rings.